The van der Waals surface area contributed by atoms with E-state index in [9.17, 15) is 9.59 Å². The normalized spacial score (nSPS) is 9.62. The molecule has 0 fully saturated rings. The highest BCUT2D eigenvalue weighted by atomic mass is 16.4. The first-order valence-corrected chi connectivity index (χ1v) is 3.46. The molecule has 0 aliphatic rings. The number of nitrogens with zero attached hydrogens (tertiary/aromatic N) is 1. The molecule has 68 valence electrons. The number of hydrogen-bond donors (Lipinski definition) is 2. The van der Waals surface area contributed by atoms with Gasteiger partial charge in [-0.15, -0.1) is 0 Å². The van der Waals surface area contributed by atoms with Crippen LogP contribution < -0.4 is 0 Å². The molecule has 5 heteroatoms. The average molecular weight is 181 g/mol. The van der Waals surface area contributed by atoms with Gasteiger partial charge < -0.3 is 10.2 Å². The monoisotopic (exact) mass is 181 g/mol. The van der Waals surface area contributed by atoms with Gasteiger partial charge in [0.15, 0.2) is 5.69 Å². The van der Waals surface area contributed by atoms with Crippen LogP contribution in [-0.4, -0.2) is 27.1 Å². The van der Waals surface area contributed by atoms with Crippen molar-refractivity contribution in [3.05, 3.63) is 29.1 Å². The van der Waals surface area contributed by atoms with Crippen molar-refractivity contribution in [1.29, 1.82) is 0 Å². The lowest BCUT2D eigenvalue weighted by Crippen LogP contribution is -2.08. The summed E-state index contributed by atoms with van der Waals surface area (Å²) < 4.78 is 0. The Hall–Kier alpha value is -1.91. The Balaban J connectivity index is 3.35. The van der Waals surface area contributed by atoms with Gasteiger partial charge in [0.05, 0.1) is 5.56 Å². The van der Waals surface area contributed by atoms with E-state index in [4.69, 9.17) is 10.2 Å². The van der Waals surface area contributed by atoms with Gasteiger partial charge in [0.25, 0.3) is 0 Å². The summed E-state index contributed by atoms with van der Waals surface area (Å²) in [7, 11) is 0. The first-order chi connectivity index (χ1) is 6.04. The van der Waals surface area contributed by atoms with Crippen LogP contribution in [0.2, 0.25) is 0 Å². The Morgan fingerprint density at radius 2 is 1.92 bits per heavy atom. The zero-order chi connectivity index (χ0) is 10.0. The SMILES string of the molecule is Cc1c(C(=O)O)ccnc1C(=O)O. The predicted octanol–water partition coefficient (Wildman–Crippen LogP) is 0.786. The van der Waals surface area contributed by atoms with E-state index in [1.54, 1.807) is 0 Å². The molecular weight excluding hydrogens is 174 g/mol. The summed E-state index contributed by atoms with van der Waals surface area (Å²) in [4.78, 5) is 24.7. The molecule has 0 saturated carbocycles. The van der Waals surface area contributed by atoms with Crippen LogP contribution in [0.4, 0.5) is 0 Å². The molecule has 0 spiro atoms. The second-order valence-electron chi connectivity index (χ2n) is 2.44. The standard InChI is InChI=1S/C8H7NO4/c1-4-5(7(10)11)2-3-9-6(4)8(12)13/h2-3H,1H3,(H,10,11)(H,12,13). The molecule has 0 radical (unpaired) electrons. The number of aromatic carboxylic acids is 2. The van der Waals surface area contributed by atoms with Crippen LogP contribution in [0, 0.1) is 6.92 Å². The van der Waals surface area contributed by atoms with Gasteiger partial charge in [-0.2, -0.15) is 0 Å². The van der Waals surface area contributed by atoms with Crippen LogP contribution in [0.1, 0.15) is 26.4 Å². The molecule has 1 heterocycles. The molecule has 0 atom stereocenters. The number of hydrogen-bond acceptors (Lipinski definition) is 3. The molecule has 0 bridgehead atoms. The first kappa shape index (κ1) is 9.18. The van der Waals surface area contributed by atoms with Crippen LogP contribution in [0.15, 0.2) is 12.3 Å². The number of carboxylic acid groups (broad SMARTS) is 2. The fourth-order valence-electron chi connectivity index (χ4n) is 0.983. The summed E-state index contributed by atoms with van der Waals surface area (Å²) in [5, 5.41) is 17.3. The van der Waals surface area contributed by atoms with E-state index in [2.05, 4.69) is 4.98 Å². The smallest absolute Gasteiger partial charge is 0.354 e. The lowest BCUT2D eigenvalue weighted by Gasteiger charge is -2.02. The van der Waals surface area contributed by atoms with Crippen LogP contribution in [0.25, 0.3) is 0 Å². The highest BCUT2D eigenvalue weighted by Gasteiger charge is 2.15. The van der Waals surface area contributed by atoms with E-state index in [-0.39, 0.29) is 16.8 Å². The Kier molecular flexibility index (Phi) is 2.27. The van der Waals surface area contributed by atoms with E-state index in [1.165, 1.54) is 19.2 Å². The van der Waals surface area contributed by atoms with Gasteiger partial charge in [-0.1, -0.05) is 0 Å². The Morgan fingerprint density at radius 3 is 2.38 bits per heavy atom. The number of rotatable bonds is 2. The van der Waals surface area contributed by atoms with E-state index in [0.29, 0.717) is 0 Å². The van der Waals surface area contributed by atoms with Crippen molar-refractivity contribution >= 4 is 11.9 Å². The molecule has 5 nitrogen and oxygen atoms in total. The van der Waals surface area contributed by atoms with Gasteiger partial charge >= 0.3 is 11.9 Å². The fraction of sp³-hybridized carbons (Fsp3) is 0.125. The minimum atomic E-state index is -1.22. The van der Waals surface area contributed by atoms with Gasteiger partial charge in [0.2, 0.25) is 0 Å². The Morgan fingerprint density at radius 1 is 1.31 bits per heavy atom. The summed E-state index contributed by atoms with van der Waals surface area (Å²) in [6, 6.07) is 1.27. The zero-order valence-electron chi connectivity index (χ0n) is 6.81. The number of pyridine rings is 1. The maximum absolute atomic E-state index is 10.6. The minimum absolute atomic E-state index is 0.0348. The Bertz CT molecular complexity index is 340. The zero-order valence-corrected chi connectivity index (χ0v) is 6.81. The summed E-state index contributed by atoms with van der Waals surface area (Å²) in [6.45, 7) is 1.42. The molecule has 1 aromatic rings. The molecule has 1 rings (SSSR count). The van der Waals surface area contributed by atoms with Gasteiger partial charge in [-0.05, 0) is 18.6 Å². The van der Waals surface area contributed by atoms with Gasteiger partial charge in [0, 0.05) is 6.20 Å². The molecule has 0 aliphatic heterocycles. The van der Waals surface area contributed by atoms with Crippen LogP contribution in [0.5, 0.6) is 0 Å². The number of carbonyl (C=O) groups is 2. The minimum Gasteiger partial charge on any atom is -0.478 e. The average Bonchev–Trinajstić information content (AvgIpc) is 2.03. The van der Waals surface area contributed by atoms with Crippen molar-refractivity contribution in [3.63, 3.8) is 0 Å². The lowest BCUT2D eigenvalue weighted by molar-refractivity contribution is 0.0689. The van der Waals surface area contributed by atoms with E-state index in [0.717, 1.165) is 0 Å². The van der Waals surface area contributed by atoms with Crippen molar-refractivity contribution in [2.45, 2.75) is 6.92 Å². The first-order valence-electron chi connectivity index (χ1n) is 3.46. The number of aromatic nitrogens is 1. The maximum Gasteiger partial charge on any atom is 0.354 e. The number of carboxylic acids is 2. The third-order valence-electron chi connectivity index (χ3n) is 1.64. The third kappa shape index (κ3) is 1.64. The highest BCUT2D eigenvalue weighted by Crippen LogP contribution is 2.10. The van der Waals surface area contributed by atoms with Crippen molar-refractivity contribution in [3.8, 4) is 0 Å². The fourth-order valence-corrected chi connectivity index (χ4v) is 0.983. The van der Waals surface area contributed by atoms with Crippen molar-refractivity contribution < 1.29 is 19.8 Å². The van der Waals surface area contributed by atoms with Crippen LogP contribution in [-0.2, 0) is 0 Å². The molecule has 0 saturated heterocycles. The van der Waals surface area contributed by atoms with Crippen molar-refractivity contribution in [1.82, 2.24) is 4.98 Å². The summed E-state index contributed by atoms with van der Waals surface area (Å²) >= 11 is 0. The molecular formula is C8H7NO4. The maximum atomic E-state index is 10.6. The van der Waals surface area contributed by atoms with Gasteiger partial charge in [-0.3, -0.25) is 0 Å². The Labute approximate surface area is 73.7 Å². The largest absolute Gasteiger partial charge is 0.478 e. The topological polar surface area (TPSA) is 87.5 Å². The lowest BCUT2D eigenvalue weighted by atomic mass is 10.1. The molecule has 13 heavy (non-hydrogen) atoms. The summed E-state index contributed by atoms with van der Waals surface area (Å²) in [5.74, 6) is -2.37. The highest BCUT2D eigenvalue weighted by molar-refractivity contribution is 5.94. The second kappa shape index (κ2) is 3.22. The summed E-state index contributed by atoms with van der Waals surface area (Å²) in [5.41, 5.74) is -0.0881. The van der Waals surface area contributed by atoms with Gasteiger partial charge in [0.1, 0.15) is 0 Å². The van der Waals surface area contributed by atoms with E-state index in [1.807, 2.05) is 0 Å². The van der Waals surface area contributed by atoms with Crippen LogP contribution >= 0.6 is 0 Å². The molecule has 0 aromatic carbocycles. The predicted molar refractivity (Wildman–Crippen MR) is 42.9 cm³/mol. The third-order valence-corrected chi connectivity index (χ3v) is 1.64. The molecule has 0 unspecified atom stereocenters. The molecule has 2 N–H and O–H groups in total. The summed E-state index contributed by atoms with van der Waals surface area (Å²) in [6.07, 6.45) is 1.17. The molecule has 0 aliphatic carbocycles. The van der Waals surface area contributed by atoms with Crippen LogP contribution in [0.3, 0.4) is 0 Å². The molecule has 1 aromatic heterocycles. The van der Waals surface area contributed by atoms with Crippen molar-refractivity contribution in [2.24, 2.45) is 0 Å². The second-order valence-corrected chi connectivity index (χ2v) is 2.44. The van der Waals surface area contributed by atoms with E-state index < -0.39 is 11.9 Å². The molecule has 0 amide bonds. The van der Waals surface area contributed by atoms with Crippen molar-refractivity contribution in [2.75, 3.05) is 0 Å². The quantitative estimate of drug-likeness (QED) is 0.704. The van der Waals surface area contributed by atoms with E-state index >= 15 is 0 Å². The van der Waals surface area contributed by atoms with Gasteiger partial charge in [-0.25, -0.2) is 14.6 Å².